The minimum absolute atomic E-state index is 0.230. The molecule has 0 amide bonds. The molecule has 10 heavy (non-hydrogen) atoms. The molecule has 0 N–H and O–H groups in total. The van der Waals surface area contributed by atoms with Crippen LogP contribution in [-0.4, -0.2) is 4.98 Å². The molecule has 0 aliphatic carbocycles. The second-order valence-corrected chi connectivity index (χ2v) is 2.07. The largest absolute Gasteiger partial charge is 0.262 e. The van der Waals surface area contributed by atoms with Gasteiger partial charge in [-0.1, -0.05) is 6.92 Å². The molecule has 1 aromatic rings. The van der Waals surface area contributed by atoms with Crippen LogP contribution < -0.4 is 0 Å². The Morgan fingerprint density at radius 1 is 1.60 bits per heavy atom. The second-order valence-electron chi connectivity index (χ2n) is 2.07. The summed E-state index contributed by atoms with van der Waals surface area (Å²) in [5.41, 5.74) is 0.699. The number of aryl methyl sites for hydroxylation is 1. The lowest BCUT2D eigenvalue weighted by atomic mass is 10.1. The van der Waals surface area contributed by atoms with E-state index in [9.17, 15) is 4.39 Å². The molecule has 0 bridgehead atoms. The summed E-state index contributed by atoms with van der Waals surface area (Å²) >= 11 is 0. The van der Waals surface area contributed by atoms with E-state index in [1.165, 1.54) is 6.20 Å². The molecule has 2 heteroatoms. The Morgan fingerprint density at radius 3 is 3.00 bits per heavy atom. The van der Waals surface area contributed by atoms with Gasteiger partial charge in [-0.3, -0.25) is 4.98 Å². The fourth-order valence-electron chi connectivity index (χ4n) is 0.797. The van der Waals surface area contributed by atoms with Crippen LogP contribution in [0.3, 0.4) is 0 Å². The van der Waals surface area contributed by atoms with Crippen molar-refractivity contribution in [3.05, 3.63) is 36.8 Å². The van der Waals surface area contributed by atoms with Crippen molar-refractivity contribution in [2.45, 2.75) is 12.8 Å². The van der Waals surface area contributed by atoms with Crippen LogP contribution in [0.1, 0.15) is 12.0 Å². The molecule has 0 aliphatic heterocycles. The Hall–Kier alpha value is -0.920. The average Bonchev–Trinajstić information content (AvgIpc) is 1.94. The van der Waals surface area contributed by atoms with Gasteiger partial charge >= 0.3 is 0 Å². The van der Waals surface area contributed by atoms with Gasteiger partial charge in [-0.25, -0.2) is 4.39 Å². The third-order valence-corrected chi connectivity index (χ3v) is 1.30. The first kappa shape index (κ1) is 7.19. The summed E-state index contributed by atoms with van der Waals surface area (Å²) in [6.07, 6.45) is 4.23. The summed E-state index contributed by atoms with van der Waals surface area (Å²) in [7, 11) is 0. The molecule has 1 nitrogen and oxygen atoms in total. The van der Waals surface area contributed by atoms with Gasteiger partial charge in [-0.15, -0.1) is 0 Å². The van der Waals surface area contributed by atoms with Gasteiger partial charge in [0.1, 0.15) is 5.82 Å². The van der Waals surface area contributed by atoms with Crippen LogP contribution in [0.15, 0.2) is 18.5 Å². The fraction of sp³-hybridized carbons (Fsp3) is 0.250. The zero-order valence-electron chi connectivity index (χ0n) is 5.68. The first-order valence-electron chi connectivity index (χ1n) is 3.22. The predicted octanol–water partition coefficient (Wildman–Crippen LogP) is 1.99. The molecule has 1 rings (SSSR count). The molecule has 0 unspecified atom stereocenters. The fourth-order valence-corrected chi connectivity index (χ4v) is 0.797. The normalized spacial score (nSPS) is 9.80. The van der Waals surface area contributed by atoms with Crippen LogP contribution in [0.25, 0.3) is 0 Å². The number of aromatic nitrogens is 1. The summed E-state index contributed by atoms with van der Waals surface area (Å²) in [6, 6.07) is 1.68. The highest BCUT2D eigenvalue weighted by atomic mass is 19.1. The van der Waals surface area contributed by atoms with Gasteiger partial charge in [0, 0.05) is 6.20 Å². The Morgan fingerprint density at radius 2 is 2.40 bits per heavy atom. The zero-order valence-corrected chi connectivity index (χ0v) is 5.68. The molecule has 0 aromatic carbocycles. The number of hydrogen-bond acceptors (Lipinski definition) is 1. The number of pyridine rings is 1. The van der Waals surface area contributed by atoms with E-state index in [1.54, 1.807) is 12.3 Å². The summed E-state index contributed by atoms with van der Waals surface area (Å²) < 4.78 is 12.7. The van der Waals surface area contributed by atoms with E-state index in [4.69, 9.17) is 0 Å². The zero-order chi connectivity index (χ0) is 7.40. The Bertz CT molecular complexity index is 210. The van der Waals surface area contributed by atoms with Gasteiger partial charge in [-0.2, -0.15) is 0 Å². The first-order valence-corrected chi connectivity index (χ1v) is 3.22. The summed E-state index contributed by atoms with van der Waals surface area (Å²) in [6.45, 7) is 3.64. The number of hydrogen-bond donors (Lipinski definition) is 0. The van der Waals surface area contributed by atoms with Crippen molar-refractivity contribution in [1.29, 1.82) is 0 Å². The van der Waals surface area contributed by atoms with Gasteiger partial charge in [0.15, 0.2) is 0 Å². The van der Waals surface area contributed by atoms with Crippen LogP contribution in [0, 0.1) is 12.7 Å². The second kappa shape index (κ2) is 3.30. The molecule has 1 aromatic heterocycles. The molecule has 0 fully saturated rings. The molecule has 0 saturated carbocycles. The molecule has 0 spiro atoms. The van der Waals surface area contributed by atoms with Crippen molar-refractivity contribution in [3.63, 3.8) is 0 Å². The van der Waals surface area contributed by atoms with Crippen LogP contribution in [0.2, 0.25) is 0 Å². The van der Waals surface area contributed by atoms with Crippen molar-refractivity contribution in [2.24, 2.45) is 0 Å². The van der Waals surface area contributed by atoms with E-state index >= 15 is 0 Å². The Labute approximate surface area is 59.9 Å². The van der Waals surface area contributed by atoms with Gasteiger partial charge in [0.2, 0.25) is 0 Å². The van der Waals surface area contributed by atoms with E-state index in [0.717, 1.165) is 6.42 Å². The van der Waals surface area contributed by atoms with E-state index < -0.39 is 0 Å². The minimum atomic E-state index is -0.230. The van der Waals surface area contributed by atoms with Crippen molar-refractivity contribution >= 4 is 0 Å². The maximum Gasteiger partial charge on any atom is 0.144 e. The summed E-state index contributed by atoms with van der Waals surface area (Å²) in [4.78, 5) is 3.63. The summed E-state index contributed by atoms with van der Waals surface area (Å²) in [5, 5.41) is 0. The molecule has 0 saturated heterocycles. The maximum absolute atomic E-state index is 12.7. The molecular formula is C8H9FN. The van der Waals surface area contributed by atoms with Gasteiger partial charge < -0.3 is 0 Å². The van der Waals surface area contributed by atoms with Crippen molar-refractivity contribution < 1.29 is 4.39 Å². The molecule has 53 valence electrons. The first-order chi connectivity index (χ1) is 4.84. The Balaban J connectivity index is 2.81. The molecule has 0 aliphatic rings. The smallest absolute Gasteiger partial charge is 0.144 e. The molecule has 1 radical (unpaired) electrons. The van der Waals surface area contributed by atoms with Gasteiger partial charge in [-0.05, 0) is 24.5 Å². The van der Waals surface area contributed by atoms with E-state index in [0.29, 0.717) is 12.0 Å². The summed E-state index contributed by atoms with van der Waals surface area (Å²) in [5.74, 6) is -0.230. The van der Waals surface area contributed by atoms with E-state index in [1.807, 2.05) is 0 Å². The van der Waals surface area contributed by atoms with Crippen molar-refractivity contribution in [2.75, 3.05) is 0 Å². The molecule has 1 heterocycles. The lowest BCUT2D eigenvalue weighted by Crippen LogP contribution is -1.89. The lowest BCUT2D eigenvalue weighted by molar-refractivity contribution is 0.603. The van der Waals surface area contributed by atoms with E-state index in [2.05, 4.69) is 11.9 Å². The highest BCUT2D eigenvalue weighted by Gasteiger charge is 1.97. The number of halogens is 1. The van der Waals surface area contributed by atoms with E-state index in [-0.39, 0.29) is 5.82 Å². The van der Waals surface area contributed by atoms with Crippen molar-refractivity contribution in [3.8, 4) is 0 Å². The number of nitrogens with zero attached hydrogens (tertiary/aromatic N) is 1. The third-order valence-electron chi connectivity index (χ3n) is 1.30. The van der Waals surface area contributed by atoms with Gasteiger partial charge in [0.05, 0.1) is 6.20 Å². The Kier molecular flexibility index (Phi) is 2.37. The topological polar surface area (TPSA) is 12.9 Å². The van der Waals surface area contributed by atoms with Crippen LogP contribution in [-0.2, 0) is 6.42 Å². The minimum Gasteiger partial charge on any atom is -0.262 e. The average molecular weight is 138 g/mol. The maximum atomic E-state index is 12.7. The van der Waals surface area contributed by atoms with Crippen molar-refractivity contribution in [1.82, 2.24) is 4.98 Å². The standard InChI is InChI=1S/C8H9FN/c1-2-3-7-4-5-10-6-8(7)9/h4-6H,1-3H2. The third kappa shape index (κ3) is 1.53. The SMILES string of the molecule is [CH2]CCc1ccncc1F. The van der Waals surface area contributed by atoms with Crippen LogP contribution in [0.4, 0.5) is 4.39 Å². The predicted molar refractivity (Wildman–Crippen MR) is 37.9 cm³/mol. The quantitative estimate of drug-likeness (QED) is 0.609. The lowest BCUT2D eigenvalue weighted by Gasteiger charge is -1.97. The monoisotopic (exact) mass is 138 g/mol. The molecule has 0 atom stereocenters. The highest BCUT2D eigenvalue weighted by molar-refractivity contribution is 5.12. The molecular weight excluding hydrogens is 129 g/mol. The van der Waals surface area contributed by atoms with Gasteiger partial charge in [0.25, 0.3) is 0 Å². The van der Waals surface area contributed by atoms with Crippen LogP contribution >= 0.6 is 0 Å². The number of rotatable bonds is 2. The highest BCUT2D eigenvalue weighted by Crippen LogP contribution is 2.05. The van der Waals surface area contributed by atoms with Crippen LogP contribution in [0.5, 0.6) is 0 Å².